The summed E-state index contributed by atoms with van der Waals surface area (Å²) in [6.45, 7) is 0.703. The van der Waals surface area contributed by atoms with Crippen molar-refractivity contribution in [3.63, 3.8) is 0 Å². The smallest absolute Gasteiger partial charge is 0.408 e. The minimum Gasteiger partial charge on any atom is -0.486 e. The minimum atomic E-state index is -4.40. The summed E-state index contributed by atoms with van der Waals surface area (Å²) in [6.07, 6.45) is -2.19. The maximum atomic E-state index is 12.3. The molecule has 10 heteroatoms. The molecular formula is C18H15ClF3N3O3. The fourth-order valence-electron chi connectivity index (χ4n) is 2.33. The maximum Gasteiger partial charge on any atom is 0.408 e. The number of nitrogens with one attached hydrogen (secondary N) is 1. The average molecular weight is 414 g/mol. The molecule has 0 bridgehead atoms. The zero-order valence-corrected chi connectivity index (χ0v) is 15.3. The molecule has 0 aliphatic carbocycles. The van der Waals surface area contributed by atoms with E-state index in [1.54, 1.807) is 24.3 Å². The van der Waals surface area contributed by atoms with E-state index in [0.29, 0.717) is 21.2 Å². The highest BCUT2D eigenvalue weighted by Gasteiger charge is 2.28. The molecule has 148 valence electrons. The van der Waals surface area contributed by atoms with Crippen LogP contribution >= 0.6 is 11.6 Å². The number of hydrogen-bond acceptors (Lipinski definition) is 4. The molecule has 0 fully saturated rings. The number of amides is 1. The number of hydrogen-bond donors (Lipinski definition) is 1. The number of aryl methyl sites for hydroxylation is 1. The molecule has 2 heterocycles. The quantitative estimate of drug-likeness (QED) is 0.628. The molecule has 0 radical (unpaired) electrons. The van der Waals surface area contributed by atoms with E-state index in [0.717, 1.165) is 18.0 Å². The molecule has 6 nitrogen and oxygen atoms in total. The van der Waals surface area contributed by atoms with E-state index in [9.17, 15) is 18.0 Å². The van der Waals surface area contributed by atoms with Crippen LogP contribution in [-0.4, -0.2) is 21.9 Å². The second-order valence-corrected chi connectivity index (χ2v) is 6.37. The van der Waals surface area contributed by atoms with Crippen LogP contribution in [-0.2, 0) is 13.2 Å². The lowest BCUT2D eigenvalue weighted by Crippen LogP contribution is -2.17. The van der Waals surface area contributed by atoms with Gasteiger partial charge in [0.2, 0.25) is 0 Å². The highest BCUT2D eigenvalue weighted by Crippen LogP contribution is 2.22. The van der Waals surface area contributed by atoms with E-state index in [1.807, 2.05) is 6.92 Å². The van der Waals surface area contributed by atoms with Crippen molar-refractivity contribution in [2.45, 2.75) is 26.3 Å². The number of furan rings is 1. The van der Waals surface area contributed by atoms with Gasteiger partial charge < -0.3 is 14.5 Å². The lowest BCUT2D eigenvalue weighted by atomic mass is 10.2. The highest BCUT2D eigenvalue weighted by atomic mass is 35.5. The Hall–Kier alpha value is -2.94. The van der Waals surface area contributed by atoms with Gasteiger partial charge in [-0.25, -0.2) is 0 Å². The second-order valence-electron chi connectivity index (χ2n) is 5.96. The van der Waals surface area contributed by atoms with Crippen molar-refractivity contribution in [2.75, 3.05) is 5.32 Å². The van der Waals surface area contributed by atoms with Gasteiger partial charge in [0.25, 0.3) is 5.91 Å². The molecule has 2 aromatic heterocycles. The number of halogens is 4. The van der Waals surface area contributed by atoms with Crippen LogP contribution in [0.15, 0.2) is 47.1 Å². The fraction of sp³-hybridized carbons (Fsp3) is 0.222. The van der Waals surface area contributed by atoms with Gasteiger partial charge in [-0.3, -0.25) is 9.48 Å². The van der Waals surface area contributed by atoms with Gasteiger partial charge in [0.15, 0.2) is 5.76 Å². The number of ether oxygens (including phenoxy) is 1. The number of benzene rings is 1. The molecule has 0 saturated heterocycles. The summed E-state index contributed by atoms with van der Waals surface area (Å²) in [5.74, 6) is 0.390. The predicted octanol–water partition coefficient (Wildman–Crippen LogP) is 4.83. The summed E-state index contributed by atoms with van der Waals surface area (Å²) in [4.78, 5) is 12.2. The Morgan fingerprint density at radius 1 is 1.32 bits per heavy atom. The first kappa shape index (κ1) is 19.8. The Labute approximate surface area is 162 Å². The molecule has 0 atom stereocenters. The van der Waals surface area contributed by atoms with Crippen molar-refractivity contribution in [1.29, 1.82) is 0 Å². The summed E-state index contributed by atoms with van der Waals surface area (Å²) in [6, 6.07) is 8.22. The molecule has 1 aromatic carbocycles. The van der Waals surface area contributed by atoms with Gasteiger partial charge in [-0.05, 0) is 42.8 Å². The van der Waals surface area contributed by atoms with Gasteiger partial charge in [0.05, 0.1) is 11.9 Å². The Bertz CT molecular complexity index is 982. The number of anilines is 1. The van der Waals surface area contributed by atoms with Crippen LogP contribution in [0.25, 0.3) is 0 Å². The first-order valence-electron chi connectivity index (χ1n) is 8.08. The van der Waals surface area contributed by atoms with E-state index in [1.165, 1.54) is 6.07 Å². The first-order valence-corrected chi connectivity index (χ1v) is 8.45. The van der Waals surface area contributed by atoms with Crippen molar-refractivity contribution in [3.8, 4) is 5.75 Å². The fourth-order valence-corrected chi connectivity index (χ4v) is 2.45. The van der Waals surface area contributed by atoms with Crippen LogP contribution < -0.4 is 10.1 Å². The van der Waals surface area contributed by atoms with Gasteiger partial charge in [-0.1, -0.05) is 11.6 Å². The van der Waals surface area contributed by atoms with Crippen LogP contribution in [0, 0.1) is 6.92 Å². The molecule has 3 aromatic rings. The average Bonchev–Trinajstić information content (AvgIpc) is 3.24. The molecule has 3 rings (SSSR count). The van der Waals surface area contributed by atoms with E-state index >= 15 is 0 Å². The van der Waals surface area contributed by atoms with E-state index in [2.05, 4.69) is 10.4 Å². The van der Waals surface area contributed by atoms with Crippen molar-refractivity contribution in [2.24, 2.45) is 0 Å². The Morgan fingerprint density at radius 3 is 2.82 bits per heavy atom. The number of rotatable bonds is 6. The number of carbonyl (C=O) groups is 1. The Morgan fingerprint density at radius 2 is 2.11 bits per heavy atom. The third kappa shape index (κ3) is 5.29. The number of carbonyl (C=O) groups excluding carboxylic acids is 1. The second kappa shape index (κ2) is 7.97. The first-order chi connectivity index (χ1) is 13.2. The van der Waals surface area contributed by atoms with E-state index in [4.69, 9.17) is 20.8 Å². The van der Waals surface area contributed by atoms with Gasteiger partial charge >= 0.3 is 6.18 Å². The summed E-state index contributed by atoms with van der Waals surface area (Å²) < 4.78 is 48.7. The topological polar surface area (TPSA) is 69.3 Å². The lowest BCUT2D eigenvalue weighted by molar-refractivity contribution is -0.142. The summed E-state index contributed by atoms with van der Waals surface area (Å²) in [7, 11) is 0. The van der Waals surface area contributed by atoms with E-state index in [-0.39, 0.29) is 18.1 Å². The van der Waals surface area contributed by atoms with Crippen LogP contribution in [0.1, 0.15) is 21.9 Å². The van der Waals surface area contributed by atoms with Crippen LogP contribution in [0.5, 0.6) is 5.75 Å². The third-order valence-electron chi connectivity index (χ3n) is 3.63. The molecule has 0 saturated carbocycles. The zero-order chi connectivity index (χ0) is 20.3. The standard InChI is InChI=1S/C18H15ClF3N3O3/c1-11-6-13(2-4-15(11)19)27-9-14-3-5-16(28-14)17(26)24-12-7-23-25(8-12)10-18(20,21)22/h2-8H,9-10H2,1H3,(H,24,26). The zero-order valence-electron chi connectivity index (χ0n) is 14.6. The normalized spacial score (nSPS) is 11.5. The summed E-state index contributed by atoms with van der Waals surface area (Å²) in [5, 5.41) is 6.61. The Balaban J connectivity index is 1.57. The molecule has 28 heavy (non-hydrogen) atoms. The van der Waals surface area contributed by atoms with Crippen LogP contribution in [0.3, 0.4) is 0 Å². The molecule has 0 aliphatic rings. The summed E-state index contributed by atoms with van der Waals surface area (Å²) >= 11 is 5.96. The number of aromatic nitrogens is 2. The largest absolute Gasteiger partial charge is 0.486 e. The molecule has 1 N–H and O–H groups in total. The third-order valence-corrected chi connectivity index (χ3v) is 4.05. The van der Waals surface area contributed by atoms with Crippen molar-refractivity contribution >= 4 is 23.2 Å². The molecule has 0 spiro atoms. The van der Waals surface area contributed by atoms with Crippen LogP contribution in [0.4, 0.5) is 18.9 Å². The number of nitrogens with zero attached hydrogens (tertiary/aromatic N) is 2. The minimum absolute atomic E-state index is 0.00513. The van der Waals surface area contributed by atoms with Gasteiger partial charge in [-0.15, -0.1) is 0 Å². The maximum absolute atomic E-state index is 12.3. The van der Waals surface area contributed by atoms with Gasteiger partial charge in [0.1, 0.15) is 24.7 Å². The van der Waals surface area contributed by atoms with E-state index < -0.39 is 18.6 Å². The molecule has 0 unspecified atom stereocenters. The monoisotopic (exact) mass is 413 g/mol. The van der Waals surface area contributed by atoms with Gasteiger partial charge in [0, 0.05) is 11.2 Å². The van der Waals surface area contributed by atoms with Crippen LogP contribution in [0.2, 0.25) is 5.02 Å². The van der Waals surface area contributed by atoms with Crippen molar-refractivity contribution < 1.29 is 27.1 Å². The Kier molecular flexibility index (Phi) is 5.64. The van der Waals surface area contributed by atoms with Gasteiger partial charge in [-0.2, -0.15) is 18.3 Å². The molecular weight excluding hydrogens is 399 g/mol. The number of alkyl halides is 3. The highest BCUT2D eigenvalue weighted by molar-refractivity contribution is 6.31. The summed E-state index contributed by atoms with van der Waals surface area (Å²) in [5.41, 5.74) is 0.991. The molecule has 1 amide bonds. The predicted molar refractivity (Wildman–Crippen MR) is 95.5 cm³/mol. The SMILES string of the molecule is Cc1cc(OCc2ccc(C(=O)Nc3cnn(CC(F)(F)F)c3)o2)ccc1Cl. The van der Waals surface area contributed by atoms with Crippen molar-refractivity contribution in [1.82, 2.24) is 9.78 Å². The lowest BCUT2D eigenvalue weighted by Gasteiger charge is -2.06. The molecule has 0 aliphatic heterocycles. The van der Waals surface area contributed by atoms with Crippen molar-refractivity contribution in [3.05, 3.63) is 64.8 Å².